The number of hydrogen-bond acceptors (Lipinski definition) is 6. The van der Waals surface area contributed by atoms with E-state index in [4.69, 9.17) is 24.7 Å². The van der Waals surface area contributed by atoms with Crippen molar-refractivity contribution in [2.24, 2.45) is 11.7 Å². The molecule has 0 spiro atoms. The zero-order valence-electron chi connectivity index (χ0n) is 49.2. The lowest BCUT2D eigenvalue weighted by molar-refractivity contribution is -0.147. The minimum absolute atomic E-state index is 0.00929. The Morgan fingerprint density at radius 3 is 0.819 bits per heavy atom. The van der Waals surface area contributed by atoms with Crippen LogP contribution in [0.1, 0.15) is 348 Å². The maximum atomic E-state index is 12.8. The molecule has 72 heavy (non-hydrogen) atoms. The maximum absolute atomic E-state index is 12.8. The van der Waals surface area contributed by atoms with Gasteiger partial charge in [-0.15, -0.1) is 0 Å². The molecule has 0 bridgehead atoms. The number of benzene rings is 1. The van der Waals surface area contributed by atoms with E-state index in [-0.39, 0.29) is 18.5 Å². The molecule has 0 heterocycles. The quantitative estimate of drug-likeness (QED) is 0.0517. The molecule has 1 unspecified atom stereocenters. The third kappa shape index (κ3) is 43.3. The predicted octanol–water partition coefficient (Wildman–Crippen LogP) is 21.6. The molecule has 0 aliphatic rings. The van der Waals surface area contributed by atoms with E-state index in [1.165, 1.54) is 289 Å². The number of unbranched alkanes of at least 4 members (excludes halogenated alkanes) is 45. The first-order valence-corrected chi connectivity index (χ1v) is 32.4. The number of carbonyl (C=O) groups excluding carboxylic acids is 1. The van der Waals surface area contributed by atoms with E-state index < -0.39 is 6.04 Å². The van der Waals surface area contributed by atoms with Crippen molar-refractivity contribution in [3.05, 3.63) is 17.7 Å². The van der Waals surface area contributed by atoms with Crippen LogP contribution in [0.5, 0.6) is 17.2 Å². The molecule has 0 aromatic heterocycles. The fraction of sp³-hybridized carbons (Fsp3) is 0.894. The van der Waals surface area contributed by atoms with Gasteiger partial charge in [-0.1, -0.05) is 324 Å². The van der Waals surface area contributed by atoms with E-state index in [2.05, 4.69) is 20.8 Å². The number of esters is 1. The lowest BCUT2D eigenvalue weighted by Gasteiger charge is -2.20. The van der Waals surface area contributed by atoms with Crippen molar-refractivity contribution in [3.8, 4) is 17.2 Å². The van der Waals surface area contributed by atoms with Crippen LogP contribution in [0, 0.1) is 5.92 Å². The van der Waals surface area contributed by atoms with Gasteiger partial charge in [-0.05, 0) is 42.9 Å². The van der Waals surface area contributed by atoms with Crippen LogP contribution < -0.4 is 19.9 Å². The van der Waals surface area contributed by atoms with Gasteiger partial charge in [-0.3, -0.25) is 4.79 Å². The van der Waals surface area contributed by atoms with Crippen LogP contribution in [0.25, 0.3) is 0 Å². The second-order valence-corrected chi connectivity index (χ2v) is 22.8. The summed E-state index contributed by atoms with van der Waals surface area (Å²) >= 11 is 0. The molecule has 0 radical (unpaired) electrons. The molecule has 0 fully saturated rings. The van der Waals surface area contributed by atoms with Crippen LogP contribution in [0.4, 0.5) is 0 Å². The summed E-state index contributed by atoms with van der Waals surface area (Å²) < 4.78 is 25.5. The third-order valence-electron chi connectivity index (χ3n) is 15.2. The first-order chi connectivity index (χ1) is 35.4. The molecule has 0 saturated heterocycles. The zero-order chi connectivity index (χ0) is 52.1. The van der Waals surface area contributed by atoms with Gasteiger partial charge in [0.05, 0.1) is 19.8 Å². The normalized spacial score (nSPS) is 12.0. The fourth-order valence-electron chi connectivity index (χ4n) is 10.1. The van der Waals surface area contributed by atoms with Gasteiger partial charge in [-0.2, -0.15) is 0 Å². The van der Waals surface area contributed by atoms with Gasteiger partial charge < -0.3 is 24.7 Å². The summed E-state index contributed by atoms with van der Waals surface area (Å²) in [7, 11) is 0. The monoisotopic (exact) mass is 1010 g/mol. The molecule has 1 aromatic carbocycles. The van der Waals surface area contributed by atoms with Crippen molar-refractivity contribution in [2.45, 2.75) is 355 Å². The van der Waals surface area contributed by atoms with Crippen molar-refractivity contribution in [3.63, 3.8) is 0 Å². The highest BCUT2D eigenvalue weighted by molar-refractivity contribution is 5.75. The SMILES string of the molecule is CCCCCCCCCCCCCCCCCCOc1cc(COC(=O)C(N)C(C)C)cc(OCCCCCCCCCCCCCCCCCC)c1OCCCCCCCCCCCCCCCCCC. The summed E-state index contributed by atoms with van der Waals surface area (Å²) in [5.74, 6) is 1.75. The molecule has 6 heteroatoms. The van der Waals surface area contributed by atoms with Crippen molar-refractivity contribution < 1.29 is 23.7 Å². The topological polar surface area (TPSA) is 80.0 Å². The van der Waals surface area contributed by atoms with Crippen LogP contribution in [0.3, 0.4) is 0 Å². The van der Waals surface area contributed by atoms with Gasteiger partial charge in [0.1, 0.15) is 12.6 Å². The molecule has 424 valence electrons. The standard InChI is InChI=1S/C66H125NO5/c1-6-9-12-15-18-21-24-27-30-33-36-39-42-45-48-51-54-69-62-57-61(59-72-66(68)64(67)60(4)5)58-63(70-55-52-49-46-43-40-37-34-31-28-25-22-19-16-13-10-7-2)65(62)71-56-53-50-47-44-41-38-35-32-29-26-23-20-17-14-11-8-3/h57-58,60,64H,6-56,59,67H2,1-5H3. The predicted molar refractivity (Wildman–Crippen MR) is 314 cm³/mol. The third-order valence-corrected chi connectivity index (χ3v) is 15.2. The Kier molecular flexibility index (Phi) is 50.9. The van der Waals surface area contributed by atoms with E-state index in [1.54, 1.807) is 0 Å². The van der Waals surface area contributed by atoms with Gasteiger partial charge in [0.2, 0.25) is 5.75 Å². The Labute approximate surface area is 449 Å². The minimum atomic E-state index is -0.649. The summed E-state index contributed by atoms with van der Waals surface area (Å²) in [6.45, 7) is 12.8. The Bertz CT molecular complexity index is 1210. The summed E-state index contributed by atoms with van der Waals surface area (Å²) in [6.07, 6.45) is 64.7. The minimum Gasteiger partial charge on any atom is -0.490 e. The van der Waals surface area contributed by atoms with Crippen LogP contribution in [-0.4, -0.2) is 31.8 Å². The molecule has 0 saturated carbocycles. The molecular formula is C66H125NO5. The van der Waals surface area contributed by atoms with Crippen molar-refractivity contribution in [1.82, 2.24) is 0 Å². The highest BCUT2D eigenvalue weighted by Crippen LogP contribution is 2.40. The fourth-order valence-corrected chi connectivity index (χ4v) is 10.1. The number of nitrogens with two attached hydrogens (primary N) is 1. The largest absolute Gasteiger partial charge is 0.490 e. The van der Waals surface area contributed by atoms with Gasteiger partial charge in [-0.25, -0.2) is 0 Å². The number of rotatable bonds is 58. The first-order valence-electron chi connectivity index (χ1n) is 32.4. The van der Waals surface area contributed by atoms with E-state index in [0.29, 0.717) is 37.1 Å². The number of hydrogen-bond donors (Lipinski definition) is 1. The molecule has 6 nitrogen and oxygen atoms in total. The number of ether oxygens (including phenoxy) is 4. The van der Waals surface area contributed by atoms with E-state index in [9.17, 15) is 4.79 Å². The number of carbonyl (C=O) groups is 1. The average Bonchev–Trinajstić information content (AvgIpc) is 3.38. The average molecular weight is 1010 g/mol. The van der Waals surface area contributed by atoms with Gasteiger partial charge in [0.15, 0.2) is 11.5 Å². The Hall–Kier alpha value is -1.95. The second kappa shape index (κ2) is 53.9. The van der Waals surface area contributed by atoms with Crippen LogP contribution in [-0.2, 0) is 16.1 Å². The van der Waals surface area contributed by atoms with Crippen molar-refractivity contribution in [2.75, 3.05) is 19.8 Å². The summed E-state index contributed by atoms with van der Waals surface area (Å²) in [6, 6.07) is 3.36. The molecular weight excluding hydrogens is 887 g/mol. The van der Waals surface area contributed by atoms with Crippen molar-refractivity contribution >= 4 is 5.97 Å². The highest BCUT2D eigenvalue weighted by atomic mass is 16.5. The van der Waals surface area contributed by atoms with Crippen LogP contribution >= 0.6 is 0 Å². The molecule has 1 aromatic rings. The molecule has 0 amide bonds. The molecule has 1 atom stereocenters. The molecule has 1 rings (SSSR count). The van der Waals surface area contributed by atoms with E-state index >= 15 is 0 Å². The van der Waals surface area contributed by atoms with E-state index in [0.717, 1.165) is 24.8 Å². The van der Waals surface area contributed by atoms with Gasteiger partial charge >= 0.3 is 5.97 Å². The van der Waals surface area contributed by atoms with Gasteiger partial charge in [0.25, 0.3) is 0 Å². The second-order valence-electron chi connectivity index (χ2n) is 22.8. The highest BCUT2D eigenvalue weighted by Gasteiger charge is 2.21. The van der Waals surface area contributed by atoms with Crippen molar-refractivity contribution in [1.29, 1.82) is 0 Å². The molecule has 0 aliphatic heterocycles. The summed E-state index contributed by atoms with van der Waals surface area (Å²) in [5.41, 5.74) is 7.02. The smallest absolute Gasteiger partial charge is 0.323 e. The summed E-state index contributed by atoms with van der Waals surface area (Å²) in [5, 5.41) is 0. The summed E-state index contributed by atoms with van der Waals surface area (Å²) in [4.78, 5) is 12.8. The maximum Gasteiger partial charge on any atom is 0.323 e. The van der Waals surface area contributed by atoms with Crippen LogP contribution in [0.15, 0.2) is 12.1 Å². The Morgan fingerprint density at radius 1 is 0.361 bits per heavy atom. The molecule has 0 aliphatic carbocycles. The van der Waals surface area contributed by atoms with Crippen LogP contribution in [0.2, 0.25) is 0 Å². The molecule has 2 N–H and O–H groups in total. The first kappa shape index (κ1) is 68.1. The lowest BCUT2D eigenvalue weighted by Crippen LogP contribution is -2.36. The van der Waals surface area contributed by atoms with E-state index in [1.807, 2.05) is 26.0 Å². The lowest BCUT2D eigenvalue weighted by atomic mass is 10.0. The van der Waals surface area contributed by atoms with Gasteiger partial charge in [0, 0.05) is 0 Å². The Balaban J connectivity index is 2.70. The Morgan fingerprint density at radius 2 is 0.583 bits per heavy atom. The zero-order valence-corrected chi connectivity index (χ0v) is 49.2.